The van der Waals surface area contributed by atoms with Crippen molar-refractivity contribution in [3.05, 3.63) is 71.5 Å². The third-order valence-corrected chi connectivity index (χ3v) is 5.97. The molecule has 1 aliphatic heterocycles. The van der Waals surface area contributed by atoms with Gasteiger partial charge in [-0.25, -0.2) is 4.79 Å². The second-order valence-electron chi connectivity index (χ2n) is 7.86. The summed E-state index contributed by atoms with van der Waals surface area (Å²) in [4.78, 5) is 39.3. The zero-order chi connectivity index (χ0) is 20.9. The van der Waals surface area contributed by atoms with E-state index in [1.165, 1.54) is 0 Å². The molecule has 2 N–H and O–H groups in total. The first-order valence-corrected chi connectivity index (χ1v) is 9.98. The summed E-state index contributed by atoms with van der Waals surface area (Å²) in [5.41, 5.74) is 1.56. The number of para-hydroxylation sites is 1. The number of amides is 4. The number of aryl methyl sites for hydroxylation is 1. The van der Waals surface area contributed by atoms with E-state index in [0.717, 1.165) is 27.0 Å². The van der Waals surface area contributed by atoms with E-state index < -0.39 is 23.5 Å². The Morgan fingerprint density at radius 2 is 1.97 bits per heavy atom. The van der Waals surface area contributed by atoms with Crippen molar-refractivity contribution in [2.24, 2.45) is 0 Å². The number of nitrogens with zero attached hydrogens (tertiary/aromatic N) is 1. The average Bonchev–Trinajstić information content (AvgIpc) is 3.40. The summed E-state index contributed by atoms with van der Waals surface area (Å²) in [5, 5.41) is 6.60. The van der Waals surface area contributed by atoms with Crippen LogP contribution in [0.25, 0.3) is 11.0 Å². The smallest absolute Gasteiger partial charge is 0.325 e. The average molecular weight is 403 g/mol. The summed E-state index contributed by atoms with van der Waals surface area (Å²) in [6, 6.07) is 16.1. The van der Waals surface area contributed by atoms with Crippen LogP contribution in [0.3, 0.4) is 0 Å². The van der Waals surface area contributed by atoms with Gasteiger partial charge >= 0.3 is 6.03 Å². The molecule has 1 spiro atoms. The third-order valence-electron chi connectivity index (χ3n) is 5.97. The van der Waals surface area contributed by atoms with E-state index >= 15 is 0 Å². The number of rotatable bonds is 4. The molecule has 1 saturated heterocycles. The highest BCUT2D eigenvalue weighted by atomic mass is 16.3. The number of fused-ring (bicyclic) bond motifs is 3. The predicted octanol–water partition coefficient (Wildman–Crippen LogP) is 3.00. The molecule has 2 heterocycles. The van der Waals surface area contributed by atoms with E-state index in [0.29, 0.717) is 18.6 Å². The highest BCUT2D eigenvalue weighted by molar-refractivity contribution is 6.09. The van der Waals surface area contributed by atoms with Crippen LogP contribution in [0.2, 0.25) is 0 Å². The molecule has 1 fully saturated rings. The summed E-state index contributed by atoms with van der Waals surface area (Å²) in [6.45, 7) is 1.47. The lowest BCUT2D eigenvalue weighted by Gasteiger charge is -2.22. The van der Waals surface area contributed by atoms with Crippen molar-refractivity contribution in [1.82, 2.24) is 15.5 Å². The van der Waals surface area contributed by atoms with Crippen LogP contribution in [0, 0.1) is 0 Å². The van der Waals surface area contributed by atoms with Gasteiger partial charge in [-0.1, -0.05) is 42.5 Å². The summed E-state index contributed by atoms with van der Waals surface area (Å²) in [5.74, 6) is -0.179. The molecular formula is C23H21N3O4. The lowest BCUT2D eigenvalue weighted by Crippen LogP contribution is -2.44. The van der Waals surface area contributed by atoms with Gasteiger partial charge in [0.2, 0.25) is 5.91 Å². The zero-order valence-electron chi connectivity index (χ0n) is 16.5. The quantitative estimate of drug-likeness (QED) is 0.655. The number of benzene rings is 2. The molecule has 0 saturated carbocycles. The van der Waals surface area contributed by atoms with Gasteiger partial charge in [0, 0.05) is 5.39 Å². The zero-order valence-corrected chi connectivity index (χ0v) is 16.5. The molecule has 5 rings (SSSR count). The maximum absolute atomic E-state index is 13.2. The Balaban J connectivity index is 1.30. The fraction of sp³-hybridized carbons (Fsp3) is 0.261. The van der Waals surface area contributed by atoms with Crippen LogP contribution in [-0.2, 0) is 21.5 Å². The Hall–Kier alpha value is -3.61. The Kier molecular flexibility index (Phi) is 4.13. The van der Waals surface area contributed by atoms with Gasteiger partial charge in [0.05, 0.1) is 6.04 Å². The van der Waals surface area contributed by atoms with Gasteiger partial charge in [-0.3, -0.25) is 14.5 Å². The molecule has 1 aliphatic carbocycles. The molecule has 2 aliphatic rings. The van der Waals surface area contributed by atoms with E-state index in [9.17, 15) is 14.4 Å². The number of carbonyl (C=O) groups is 3. The molecular weight excluding hydrogens is 382 g/mol. The van der Waals surface area contributed by atoms with Gasteiger partial charge < -0.3 is 15.1 Å². The molecule has 2 aromatic carbocycles. The molecule has 0 radical (unpaired) electrons. The summed E-state index contributed by atoms with van der Waals surface area (Å²) in [7, 11) is 0. The van der Waals surface area contributed by atoms with Gasteiger partial charge in [0.25, 0.3) is 5.91 Å². The summed E-state index contributed by atoms with van der Waals surface area (Å²) >= 11 is 0. The molecule has 3 aromatic rings. The maximum Gasteiger partial charge on any atom is 0.325 e. The van der Waals surface area contributed by atoms with Crippen molar-refractivity contribution in [2.75, 3.05) is 6.54 Å². The lowest BCUT2D eigenvalue weighted by atomic mass is 9.92. The molecule has 7 heteroatoms. The first kappa shape index (κ1) is 18.4. The van der Waals surface area contributed by atoms with Crippen molar-refractivity contribution in [3.8, 4) is 0 Å². The Labute approximate surface area is 173 Å². The molecule has 4 amide bonds. The standard InChI is InChI=1S/C23H21N3O4/c1-14(19-12-16-7-3-5-9-18(16)30-19)24-20(27)13-26-21(28)23(25-22(26)29)11-10-15-6-2-4-8-17(15)23/h2-9,12,14H,10-11,13H2,1H3,(H,24,27)(H,25,29). The van der Waals surface area contributed by atoms with Crippen LogP contribution >= 0.6 is 0 Å². The molecule has 2 unspecified atom stereocenters. The van der Waals surface area contributed by atoms with Crippen molar-refractivity contribution >= 4 is 28.8 Å². The van der Waals surface area contributed by atoms with Gasteiger partial charge in [0.15, 0.2) is 0 Å². The molecule has 7 nitrogen and oxygen atoms in total. The molecule has 2 atom stereocenters. The summed E-state index contributed by atoms with van der Waals surface area (Å²) in [6.07, 6.45) is 1.22. The predicted molar refractivity (Wildman–Crippen MR) is 109 cm³/mol. The molecule has 1 aromatic heterocycles. The van der Waals surface area contributed by atoms with Crippen LogP contribution in [0.1, 0.15) is 36.3 Å². The second kappa shape index (κ2) is 6.73. The second-order valence-corrected chi connectivity index (χ2v) is 7.86. The van der Waals surface area contributed by atoms with Crippen molar-refractivity contribution < 1.29 is 18.8 Å². The van der Waals surface area contributed by atoms with Crippen LogP contribution in [-0.4, -0.2) is 29.3 Å². The van der Waals surface area contributed by atoms with Crippen LogP contribution in [0.5, 0.6) is 0 Å². The minimum Gasteiger partial charge on any atom is -0.459 e. The highest BCUT2D eigenvalue weighted by Gasteiger charge is 2.55. The fourth-order valence-electron chi connectivity index (χ4n) is 4.45. The van der Waals surface area contributed by atoms with Crippen molar-refractivity contribution in [3.63, 3.8) is 0 Å². The van der Waals surface area contributed by atoms with Crippen molar-refractivity contribution in [1.29, 1.82) is 0 Å². The first-order valence-electron chi connectivity index (χ1n) is 9.98. The highest BCUT2D eigenvalue weighted by Crippen LogP contribution is 2.41. The molecule has 152 valence electrons. The maximum atomic E-state index is 13.2. The Morgan fingerprint density at radius 1 is 1.20 bits per heavy atom. The Bertz CT molecular complexity index is 1150. The third kappa shape index (κ3) is 2.77. The number of carbonyl (C=O) groups excluding carboxylic acids is 3. The number of urea groups is 1. The van der Waals surface area contributed by atoms with Gasteiger partial charge in [-0.15, -0.1) is 0 Å². The van der Waals surface area contributed by atoms with Gasteiger partial charge in [-0.05, 0) is 43.0 Å². The lowest BCUT2D eigenvalue weighted by molar-refractivity contribution is -0.135. The SMILES string of the molecule is CC(NC(=O)CN1C(=O)NC2(CCc3ccccc32)C1=O)c1cc2ccccc2o1. The minimum absolute atomic E-state index is 0.334. The van der Waals surface area contributed by atoms with Crippen LogP contribution < -0.4 is 10.6 Å². The largest absolute Gasteiger partial charge is 0.459 e. The first-order chi connectivity index (χ1) is 14.5. The number of imide groups is 1. The van der Waals surface area contributed by atoms with Crippen LogP contribution in [0.15, 0.2) is 59.0 Å². The Morgan fingerprint density at radius 3 is 2.80 bits per heavy atom. The fourth-order valence-corrected chi connectivity index (χ4v) is 4.45. The van der Waals surface area contributed by atoms with Gasteiger partial charge in [0.1, 0.15) is 23.4 Å². The minimum atomic E-state index is -1.06. The van der Waals surface area contributed by atoms with Gasteiger partial charge in [-0.2, -0.15) is 0 Å². The van der Waals surface area contributed by atoms with E-state index in [1.54, 1.807) is 6.92 Å². The van der Waals surface area contributed by atoms with Crippen molar-refractivity contribution in [2.45, 2.75) is 31.3 Å². The number of nitrogens with one attached hydrogen (secondary N) is 2. The number of furan rings is 1. The topological polar surface area (TPSA) is 91.7 Å². The normalized spacial score (nSPS) is 21.2. The number of hydrogen-bond acceptors (Lipinski definition) is 4. The number of hydrogen-bond donors (Lipinski definition) is 2. The monoisotopic (exact) mass is 403 g/mol. The molecule has 0 bridgehead atoms. The molecule has 30 heavy (non-hydrogen) atoms. The van der Waals surface area contributed by atoms with E-state index in [4.69, 9.17) is 4.42 Å². The van der Waals surface area contributed by atoms with E-state index in [1.807, 2.05) is 54.6 Å². The summed E-state index contributed by atoms with van der Waals surface area (Å²) < 4.78 is 5.78. The van der Waals surface area contributed by atoms with Crippen LogP contribution in [0.4, 0.5) is 4.79 Å². The van der Waals surface area contributed by atoms with E-state index in [-0.39, 0.29) is 12.5 Å². The van der Waals surface area contributed by atoms with E-state index in [2.05, 4.69) is 10.6 Å².